The summed E-state index contributed by atoms with van der Waals surface area (Å²) in [6, 6.07) is 6.28. The largest absolute Gasteiger partial charge is 0.508 e. The first-order valence-corrected chi connectivity index (χ1v) is 6.58. The van der Waals surface area contributed by atoms with E-state index in [0.29, 0.717) is 11.8 Å². The Morgan fingerprint density at radius 3 is 2.88 bits per heavy atom. The number of benzene rings is 1. The van der Waals surface area contributed by atoms with Crippen molar-refractivity contribution in [2.24, 2.45) is 0 Å². The second kappa shape index (κ2) is 4.67. The van der Waals surface area contributed by atoms with Gasteiger partial charge in [-0.3, -0.25) is 0 Å². The van der Waals surface area contributed by atoms with Crippen molar-refractivity contribution in [2.45, 2.75) is 31.8 Å². The zero-order valence-corrected chi connectivity index (χ0v) is 10.2. The van der Waals surface area contributed by atoms with Crippen LogP contribution in [-0.2, 0) is 13.0 Å². The SMILES string of the molecule is Oc1ccc2c(c1)CC(CN1CCCC1)NC2. The van der Waals surface area contributed by atoms with Crippen LogP contribution in [0.3, 0.4) is 0 Å². The molecule has 1 fully saturated rings. The maximum absolute atomic E-state index is 9.53. The lowest BCUT2D eigenvalue weighted by Gasteiger charge is -2.29. The molecule has 3 heteroatoms. The summed E-state index contributed by atoms with van der Waals surface area (Å²) < 4.78 is 0. The van der Waals surface area contributed by atoms with Crippen LogP contribution in [0.4, 0.5) is 0 Å². The van der Waals surface area contributed by atoms with E-state index in [1.54, 1.807) is 6.07 Å². The fourth-order valence-corrected chi connectivity index (χ4v) is 2.97. The first-order valence-electron chi connectivity index (χ1n) is 6.58. The maximum atomic E-state index is 9.53. The monoisotopic (exact) mass is 232 g/mol. The highest BCUT2D eigenvalue weighted by Gasteiger charge is 2.22. The molecular formula is C14H20N2O. The molecule has 1 unspecified atom stereocenters. The summed E-state index contributed by atoms with van der Waals surface area (Å²) in [5.74, 6) is 0.394. The minimum absolute atomic E-state index is 0.394. The van der Waals surface area contributed by atoms with E-state index in [-0.39, 0.29) is 0 Å². The molecule has 2 aliphatic heterocycles. The molecule has 3 nitrogen and oxygen atoms in total. The minimum Gasteiger partial charge on any atom is -0.508 e. The summed E-state index contributed by atoms with van der Waals surface area (Å²) in [7, 11) is 0. The summed E-state index contributed by atoms with van der Waals surface area (Å²) in [6.45, 7) is 4.60. The molecule has 3 rings (SSSR count). The van der Waals surface area contributed by atoms with Crippen LogP contribution in [0.5, 0.6) is 5.75 Å². The van der Waals surface area contributed by atoms with Crippen LogP contribution in [0, 0.1) is 0 Å². The van der Waals surface area contributed by atoms with Gasteiger partial charge in [0.05, 0.1) is 0 Å². The number of fused-ring (bicyclic) bond motifs is 1. The van der Waals surface area contributed by atoms with Gasteiger partial charge in [0, 0.05) is 19.1 Å². The molecule has 2 heterocycles. The maximum Gasteiger partial charge on any atom is 0.115 e. The molecular weight excluding hydrogens is 212 g/mol. The second-order valence-corrected chi connectivity index (χ2v) is 5.24. The van der Waals surface area contributed by atoms with E-state index in [2.05, 4.69) is 10.2 Å². The Balaban J connectivity index is 1.67. The average molecular weight is 232 g/mol. The van der Waals surface area contributed by atoms with Crippen LogP contribution >= 0.6 is 0 Å². The van der Waals surface area contributed by atoms with Gasteiger partial charge in [0.25, 0.3) is 0 Å². The van der Waals surface area contributed by atoms with Gasteiger partial charge in [-0.05, 0) is 55.6 Å². The third kappa shape index (κ3) is 2.45. The van der Waals surface area contributed by atoms with E-state index in [4.69, 9.17) is 0 Å². The van der Waals surface area contributed by atoms with E-state index in [1.165, 1.54) is 37.1 Å². The molecule has 1 aromatic rings. The second-order valence-electron chi connectivity index (χ2n) is 5.24. The van der Waals surface area contributed by atoms with Crippen molar-refractivity contribution in [3.05, 3.63) is 29.3 Å². The van der Waals surface area contributed by atoms with Crippen molar-refractivity contribution in [3.63, 3.8) is 0 Å². The molecule has 1 saturated heterocycles. The molecule has 0 aliphatic carbocycles. The zero-order chi connectivity index (χ0) is 11.7. The first-order chi connectivity index (χ1) is 8.31. The topological polar surface area (TPSA) is 35.5 Å². The standard InChI is InChI=1S/C14H20N2O/c17-14-4-3-11-9-15-13(7-12(11)8-14)10-16-5-1-2-6-16/h3-4,8,13,15,17H,1-2,5-7,9-10H2. The number of hydrogen-bond acceptors (Lipinski definition) is 3. The molecule has 1 atom stereocenters. The van der Waals surface area contributed by atoms with Crippen LogP contribution in [0.15, 0.2) is 18.2 Å². The van der Waals surface area contributed by atoms with Gasteiger partial charge in [-0.2, -0.15) is 0 Å². The highest BCUT2D eigenvalue weighted by Crippen LogP contribution is 2.22. The minimum atomic E-state index is 0.394. The fourth-order valence-electron chi connectivity index (χ4n) is 2.97. The summed E-state index contributed by atoms with van der Waals surface area (Å²) in [5, 5.41) is 13.1. The average Bonchev–Trinajstić information content (AvgIpc) is 2.81. The molecule has 2 N–H and O–H groups in total. The molecule has 2 aliphatic rings. The van der Waals surface area contributed by atoms with Gasteiger partial charge >= 0.3 is 0 Å². The molecule has 0 spiro atoms. The Labute approximate surface area is 102 Å². The van der Waals surface area contributed by atoms with Crippen molar-refractivity contribution >= 4 is 0 Å². The van der Waals surface area contributed by atoms with Crippen molar-refractivity contribution in [3.8, 4) is 5.75 Å². The summed E-state index contributed by atoms with van der Waals surface area (Å²) in [5.41, 5.74) is 2.65. The predicted molar refractivity (Wildman–Crippen MR) is 68.1 cm³/mol. The normalized spacial score (nSPS) is 24.8. The van der Waals surface area contributed by atoms with Crippen LogP contribution in [0.2, 0.25) is 0 Å². The number of nitrogens with zero attached hydrogens (tertiary/aromatic N) is 1. The molecule has 0 radical (unpaired) electrons. The molecule has 0 bridgehead atoms. The highest BCUT2D eigenvalue weighted by molar-refractivity contribution is 5.36. The summed E-state index contributed by atoms with van der Waals surface area (Å²) in [6.07, 6.45) is 3.74. The summed E-state index contributed by atoms with van der Waals surface area (Å²) >= 11 is 0. The zero-order valence-electron chi connectivity index (χ0n) is 10.2. The quantitative estimate of drug-likeness (QED) is 0.811. The molecule has 1 aromatic carbocycles. The van der Waals surface area contributed by atoms with E-state index >= 15 is 0 Å². The predicted octanol–water partition coefficient (Wildman–Crippen LogP) is 1.50. The van der Waals surface area contributed by atoms with Gasteiger partial charge in [0.1, 0.15) is 5.75 Å². The molecule has 0 aromatic heterocycles. The Morgan fingerprint density at radius 1 is 1.24 bits per heavy atom. The van der Waals surface area contributed by atoms with Gasteiger partial charge in [0.15, 0.2) is 0 Å². The number of nitrogens with one attached hydrogen (secondary N) is 1. The number of rotatable bonds is 2. The van der Waals surface area contributed by atoms with Crippen LogP contribution in [0.25, 0.3) is 0 Å². The van der Waals surface area contributed by atoms with E-state index < -0.39 is 0 Å². The Hall–Kier alpha value is -1.06. The smallest absolute Gasteiger partial charge is 0.115 e. The molecule has 92 valence electrons. The van der Waals surface area contributed by atoms with Crippen LogP contribution in [0.1, 0.15) is 24.0 Å². The third-order valence-electron chi connectivity index (χ3n) is 3.91. The van der Waals surface area contributed by atoms with Crippen molar-refractivity contribution in [1.82, 2.24) is 10.2 Å². The number of hydrogen-bond donors (Lipinski definition) is 2. The van der Waals surface area contributed by atoms with Gasteiger partial charge in [-0.25, -0.2) is 0 Å². The lowest BCUT2D eigenvalue weighted by molar-refractivity contribution is 0.282. The molecule has 17 heavy (non-hydrogen) atoms. The lowest BCUT2D eigenvalue weighted by atomic mass is 9.95. The number of aromatic hydroxyl groups is 1. The number of likely N-dealkylation sites (tertiary alicyclic amines) is 1. The van der Waals surface area contributed by atoms with Gasteiger partial charge in [0.2, 0.25) is 0 Å². The van der Waals surface area contributed by atoms with Crippen LogP contribution in [-0.4, -0.2) is 35.7 Å². The van der Waals surface area contributed by atoms with Crippen molar-refractivity contribution in [1.29, 1.82) is 0 Å². The molecule has 0 amide bonds. The highest BCUT2D eigenvalue weighted by atomic mass is 16.3. The number of phenolic OH excluding ortho intramolecular Hbond substituents is 1. The van der Waals surface area contributed by atoms with Crippen molar-refractivity contribution < 1.29 is 5.11 Å². The Bertz CT molecular complexity index is 399. The van der Waals surface area contributed by atoms with E-state index in [9.17, 15) is 5.11 Å². The Kier molecular flexibility index (Phi) is 3.04. The first kappa shape index (κ1) is 11.1. The van der Waals surface area contributed by atoms with Gasteiger partial charge < -0.3 is 15.3 Å². The third-order valence-corrected chi connectivity index (χ3v) is 3.91. The van der Waals surface area contributed by atoms with E-state index in [1.807, 2.05) is 12.1 Å². The summed E-state index contributed by atoms with van der Waals surface area (Å²) in [4.78, 5) is 2.55. The number of phenols is 1. The van der Waals surface area contributed by atoms with E-state index in [0.717, 1.165) is 19.5 Å². The molecule has 0 saturated carbocycles. The fraction of sp³-hybridized carbons (Fsp3) is 0.571. The van der Waals surface area contributed by atoms with Crippen molar-refractivity contribution in [2.75, 3.05) is 19.6 Å². The Morgan fingerprint density at radius 2 is 2.06 bits per heavy atom. The lowest BCUT2D eigenvalue weighted by Crippen LogP contribution is -2.43. The van der Waals surface area contributed by atoms with Gasteiger partial charge in [-0.15, -0.1) is 0 Å². The van der Waals surface area contributed by atoms with Gasteiger partial charge in [-0.1, -0.05) is 6.07 Å². The van der Waals surface area contributed by atoms with Crippen LogP contribution < -0.4 is 5.32 Å².